The standard InChI is InChI=1S/C19H15Cl2NO4/c1-12(23)13-3-7-16(8-4-13)22-18(24)11-26-19(25)9-5-14-2-6-15(20)10-17(14)21/h2-10H,11H2,1H3,(H,22,24)/b9-5+. The SMILES string of the molecule is CC(=O)c1ccc(NC(=O)COC(=O)/C=C/c2ccc(Cl)cc2Cl)cc1. The van der Waals surface area contributed by atoms with Gasteiger partial charge >= 0.3 is 5.97 Å². The highest BCUT2D eigenvalue weighted by atomic mass is 35.5. The van der Waals surface area contributed by atoms with E-state index in [0.29, 0.717) is 26.9 Å². The Morgan fingerprint density at radius 3 is 2.38 bits per heavy atom. The van der Waals surface area contributed by atoms with Crippen LogP contribution in [-0.4, -0.2) is 24.3 Å². The molecule has 0 aliphatic carbocycles. The van der Waals surface area contributed by atoms with Gasteiger partial charge in [0.1, 0.15) is 0 Å². The molecule has 26 heavy (non-hydrogen) atoms. The third-order valence-electron chi connectivity index (χ3n) is 3.28. The Bertz CT molecular complexity index is 860. The van der Waals surface area contributed by atoms with Crippen molar-refractivity contribution in [2.24, 2.45) is 0 Å². The van der Waals surface area contributed by atoms with E-state index in [1.54, 1.807) is 42.5 Å². The van der Waals surface area contributed by atoms with E-state index in [4.69, 9.17) is 27.9 Å². The van der Waals surface area contributed by atoms with E-state index in [9.17, 15) is 14.4 Å². The molecule has 0 aliphatic heterocycles. The quantitative estimate of drug-likeness (QED) is 0.450. The Hall–Kier alpha value is -2.63. The molecule has 0 atom stereocenters. The van der Waals surface area contributed by atoms with Crippen LogP contribution in [-0.2, 0) is 14.3 Å². The Morgan fingerprint density at radius 2 is 1.77 bits per heavy atom. The summed E-state index contributed by atoms with van der Waals surface area (Å²) >= 11 is 11.8. The van der Waals surface area contributed by atoms with Gasteiger partial charge in [-0.2, -0.15) is 0 Å². The minimum atomic E-state index is -0.682. The number of carbonyl (C=O) groups excluding carboxylic acids is 3. The first-order valence-corrected chi connectivity index (χ1v) is 8.31. The maximum absolute atomic E-state index is 11.8. The second-order valence-electron chi connectivity index (χ2n) is 5.29. The fraction of sp³-hybridized carbons (Fsp3) is 0.105. The minimum Gasteiger partial charge on any atom is -0.452 e. The van der Waals surface area contributed by atoms with Gasteiger partial charge in [0.05, 0.1) is 0 Å². The first-order valence-electron chi connectivity index (χ1n) is 7.56. The minimum absolute atomic E-state index is 0.0654. The lowest BCUT2D eigenvalue weighted by molar-refractivity contribution is -0.142. The number of halogens is 2. The number of carbonyl (C=O) groups is 3. The molecule has 0 fully saturated rings. The highest BCUT2D eigenvalue weighted by Crippen LogP contribution is 2.21. The Balaban J connectivity index is 1.83. The summed E-state index contributed by atoms with van der Waals surface area (Å²) < 4.78 is 4.86. The molecule has 7 heteroatoms. The molecule has 0 heterocycles. The maximum atomic E-state index is 11.8. The molecule has 0 aliphatic rings. The number of hydrogen-bond donors (Lipinski definition) is 1. The molecule has 2 aromatic carbocycles. The van der Waals surface area contributed by atoms with Crippen molar-refractivity contribution in [2.45, 2.75) is 6.92 Å². The molecule has 0 radical (unpaired) electrons. The molecule has 2 rings (SSSR count). The van der Waals surface area contributed by atoms with Crippen molar-refractivity contribution < 1.29 is 19.1 Å². The number of esters is 1. The van der Waals surface area contributed by atoms with Crippen molar-refractivity contribution in [3.63, 3.8) is 0 Å². The zero-order valence-electron chi connectivity index (χ0n) is 13.8. The summed E-state index contributed by atoms with van der Waals surface area (Å²) in [5.41, 5.74) is 1.64. The summed E-state index contributed by atoms with van der Waals surface area (Å²) in [6.45, 7) is 1.02. The first kappa shape index (κ1) is 19.7. The number of anilines is 1. The van der Waals surface area contributed by atoms with E-state index in [2.05, 4.69) is 5.32 Å². The van der Waals surface area contributed by atoms with Crippen LogP contribution in [0.5, 0.6) is 0 Å². The molecule has 5 nitrogen and oxygen atoms in total. The molecule has 1 amide bonds. The highest BCUT2D eigenvalue weighted by molar-refractivity contribution is 6.35. The van der Waals surface area contributed by atoms with Gasteiger partial charge in [0.25, 0.3) is 5.91 Å². The van der Waals surface area contributed by atoms with Crippen LogP contribution in [0.15, 0.2) is 48.5 Å². The lowest BCUT2D eigenvalue weighted by atomic mass is 10.1. The number of Topliss-reactive ketones (excluding diaryl/α,β-unsaturated/α-hetero) is 1. The van der Waals surface area contributed by atoms with Crippen LogP contribution in [0.3, 0.4) is 0 Å². The summed E-state index contributed by atoms with van der Waals surface area (Å²) in [6.07, 6.45) is 2.64. The molecule has 134 valence electrons. The fourth-order valence-electron chi connectivity index (χ4n) is 1.96. The van der Waals surface area contributed by atoms with Gasteiger partial charge in [0.2, 0.25) is 0 Å². The van der Waals surface area contributed by atoms with E-state index in [-0.39, 0.29) is 5.78 Å². The van der Waals surface area contributed by atoms with E-state index in [0.717, 1.165) is 0 Å². The second kappa shape index (κ2) is 9.17. The number of hydrogen-bond acceptors (Lipinski definition) is 4. The lowest BCUT2D eigenvalue weighted by Gasteiger charge is -2.06. The van der Waals surface area contributed by atoms with Crippen LogP contribution in [0.1, 0.15) is 22.8 Å². The lowest BCUT2D eigenvalue weighted by Crippen LogP contribution is -2.20. The van der Waals surface area contributed by atoms with Crippen molar-refractivity contribution in [3.8, 4) is 0 Å². The number of benzene rings is 2. The van der Waals surface area contributed by atoms with Crippen LogP contribution < -0.4 is 5.32 Å². The van der Waals surface area contributed by atoms with Crippen molar-refractivity contribution in [1.29, 1.82) is 0 Å². The van der Waals surface area contributed by atoms with Crippen molar-refractivity contribution in [1.82, 2.24) is 0 Å². The average Bonchev–Trinajstić information content (AvgIpc) is 2.59. The summed E-state index contributed by atoms with van der Waals surface area (Å²) in [6, 6.07) is 11.2. The molecular formula is C19H15Cl2NO4. The average molecular weight is 392 g/mol. The van der Waals surface area contributed by atoms with Crippen LogP contribution >= 0.6 is 23.2 Å². The van der Waals surface area contributed by atoms with Gasteiger partial charge in [0.15, 0.2) is 12.4 Å². The predicted molar refractivity (Wildman–Crippen MR) is 102 cm³/mol. The van der Waals surface area contributed by atoms with Crippen LogP contribution in [0.4, 0.5) is 5.69 Å². The molecule has 2 aromatic rings. The molecule has 0 spiro atoms. The van der Waals surface area contributed by atoms with E-state index >= 15 is 0 Å². The van der Waals surface area contributed by atoms with Gasteiger partial charge in [-0.15, -0.1) is 0 Å². The largest absolute Gasteiger partial charge is 0.452 e. The number of ketones is 1. The zero-order valence-corrected chi connectivity index (χ0v) is 15.3. The van der Waals surface area contributed by atoms with Crippen molar-refractivity contribution in [3.05, 3.63) is 69.7 Å². The third kappa shape index (κ3) is 6.02. The van der Waals surface area contributed by atoms with Gasteiger partial charge in [-0.05, 0) is 55.0 Å². The normalized spacial score (nSPS) is 10.6. The summed E-state index contributed by atoms with van der Waals surface area (Å²) in [5, 5.41) is 3.45. The van der Waals surface area contributed by atoms with Crippen molar-refractivity contribution >= 4 is 52.6 Å². The predicted octanol–water partition coefficient (Wildman–Crippen LogP) is 4.39. The second-order valence-corrected chi connectivity index (χ2v) is 6.13. The third-order valence-corrected chi connectivity index (χ3v) is 3.84. The van der Waals surface area contributed by atoms with Gasteiger partial charge in [-0.25, -0.2) is 4.79 Å². The van der Waals surface area contributed by atoms with E-state index in [1.807, 2.05) is 0 Å². The van der Waals surface area contributed by atoms with Crippen LogP contribution in [0, 0.1) is 0 Å². The monoisotopic (exact) mass is 391 g/mol. The smallest absolute Gasteiger partial charge is 0.331 e. The Kier molecular flexibility index (Phi) is 6.95. The van der Waals surface area contributed by atoms with Gasteiger partial charge in [-0.1, -0.05) is 29.3 Å². The number of ether oxygens (including phenoxy) is 1. The number of amides is 1. The molecular weight excluding hydrogens is 377 g/mol. The molecule has 0 aromatic heterocycles. The zero-order chi connectivity index (χ0) is 19.1. The maximum Gasteiger partial charge on any atom is 0.331 e. The van der Waals surface area contributed by atoms with Gasteiger partial charge < -0.3 is 10.1 Å². The fourth-order valence-corrected chi connectivity index (χ4v) is 2.44. The van der Waals surface area contributed by atoms with Crippen LogP contribution in [0.2, 0.25) is 10.0 Å². The summed E-state index contributed by atoms with van der Waals surface area (Å²) in [4.78, 5) is 34.7. The summed E-state index contributed by atoms with van der Waals surface area (Å²) in [5.74, 6) is -1.24. The summed E-state index contributed by atoms with van der Waals surface area (Å²) in [7, 11) is 0. The number of nitrogens with one attached hydrogen (secondary N) is 1. The molecule has 1 N–H and O–H groups in total. The topological polar surface area (TPSA) is 72.5 Å². The first-order chi connectivity index (χ1) is 12.3. The molecule has 0 saturated heterocycles. The van der Waals surface area contributed by atoms with Gasteiger partial charge in [-0.3, -0.25) is 9.59 Å². The Morgan fingerprint density at radius 1 is 1.08 bits per heavy atom. The molecule has 0 saturated carbocycles. The van der Waals surface area contributed by atoms with Gasteiger partial charge in [0, 0.05) is 27.4 Å². The Labute approximate surface area is 160 Å². The van der Waals surface area contributed by atoms with Crippen molar-refractivity contribution in [2.75, 3.05) is 11.9 Å². The molecule has 0 bridgehead atoms. The van der Waals surface area contributed by atoms with Crippen LogP contribution in [0.25, 0.3) is 6.08 Å². The number of rotatable bonds is 6. The highest BCUT2D eigenvalue weighted by Gasteiger charge is 2.07. The van der Waals surface area contributed by atoms with E-state index in [1.165, 1.54) is 19.1 Å². The van der Waals surface area contributed by atoms with E-state index < -0.39 is 18.5 Å². The molecule has 0 unspecified atom stereocenters.